The molecule has 3 heteroatoms. The summed E-state index contributed by atoms with van der Waals surface area (Å²) in [5, 5.41) is 0. The zero-order valence-corrected chi connectivity index (χ0v) is 10.0. The summed E-state index contributed by atoms with van der Waals surface area (Å²) in [5.41, 5.74) is 7.43. The zero-order valence-electron chi connectivity index (χ0n) is 10.0. The predicted octanol–water partition coefficient (Wildman–Crippen LogP) is 2.28. The Hall–Kier alpha value is -1.51. The monoisotopic (exact) mass is 218 g/mol. The molecule has 1 atom stereocenters. The Morgan fingerprint density at radius 3 is 2.62 bits per heavy atom. The SMILES string of the molecule is CN(C(=O)C1CC1(C)C)c1cccc(N)c1. The molecule has 2 rings (SSSR count). The average Bonchev–Trinajstić information content (AvgIpc) is 2.85. The van der Waals surface area contributed by atoms with Crippen molar-refractivity contribution >= 4 is 17.3 Å². The molecule has 1 unspecified atom stereocenters. The number of hydrogen-bond acceptors (Lipinski definition) is 2. The number of benzene rings is 1. The van der Waals surface area contributed by atoms with Gasteiger partial charge in [-0.1, -0.05) is 19.9 Å². The van der Waals surface area contributed by atoms with Gasteiger partial charge < -0.3 is 10.6 Å². The lowest BCUT2D eigenvalue weighted by atomic mass is 10.1. The Balaban J connectivity index is 2.14. The average molecular weight is 218 g/mol. The summed E-state index contributed by atoms with van der Waals surface area (Å²) in [6.45, 7) is 4.26. The minimum absolute atomic E-state index is 0.166. The molecular weight excluding hydrogens is 200 g/mol. The summed E-state index contributed by atoms with van der Waals surface area (Å²) in [7, 11) is 1.81. The molecule has 0 aliphatic heterocycles. The first-order chi connectivity index (χ1) is 7.42. The van der Waals surface area contributed by atoms with Crippen molar-refractivity contribution in [3.05, 3.63) is 24.3 Å². The van der Waals surface area contributed by atoms with Gasteiger partial charge in [0, 0.05) is 24.3 Å². The Kier molecular flexibility index (Phi) is 2.41. The second kappa shape index (κ2) is 3.51. The van der Waals surface area contributed by atoms with Crippen LogP contribution in [0.15, 0.2) is 24.3 Å². The number of nitrogen functional groups attached to an aromatic ring is 1. The van der Waals surface area contributed by atoms with Crippen LogP contribution in [0.3, 0.4) is 0 Å². The first-order valence-electron chi connectivity index (χ1n) is 5.55. The van der Waals surface area contributed by atoms with Crippen LogP contribution in [0.25, 0.3) is 0 Å². The molecule has 1 aromatic carbocycles. The van der Waals surface area contributed by atoms with Gasteiger partial charge in [0.1, 0.15) is 0 Å². The second-order valence-electron chi connectivity index (χ2n) is 5.24. The van der Waals surface area contributed by atoms with Gasteiger partial charge in [-0.3, -0.25) is 4.79 Å². The summed E-state index contributed by atoms with van der Waals surface area (Å²) in [4.78, 5) is 13.8. The lowest BCUT2D eigenvalue weighted by molar-refractivity contribution is -0.120. The Morgan fingerprint density at radius 2 is 2.12 bits per heavy atom. The summed E-state index contributed by atoms with van der Waals surface area (Å²) in [6.07, 6.45) is 0.985. The van der Waals surface area contributed by atoms with Crippen molar-refractivity contribution in [2.45, 2.75) is 20.3 Å². The van der Waals surface area contributed by atoms with Gasteiger partial charge in [-0.2, -0.15) is 0 Å². The number of amides is 1. The molecule has 1 aliphatic carbocycles. The van der Waals surface area contributed by atoms with Crippen LogP contribution in [-0.2, 0) is 4.79 Å². The number of anilines is 2. The second-order valence-corrected chi connectivity index (χ2v) is 5.24. The number of hydrogen-bond donors (Lipinski definition) is 1. The molecule has 2 N–H and O–H groups in total. The van der Waals surface area contributed by atoms with Gasteiger partial charge in [-0.05, 0) is 30.0 Å². The molecule has 0 aromatic heterocycles. The summed E-state index contributed by atoms with van der Waals surface area (Å²) < 4.78 is 0. The summed E-state index contributed by atoms with van der Waals surface area (Å²) in [6, 6.07) is 7.42. The highest BCUT2D eigenvalue weighted by atomic mass is 16.2. The van der Waals surface area contributed by atoms with Crippen LogP contribution < -0.4 is 10.6 Å². The molecule has 86 valence electrons. The van der Waals surface area contributed by atoms with E-state index in [-0.39, 0.29) is 17.2 Å². The number of carbonyl (C=O) groups is 1. The van der Waals surface area contributed by atoms with E-state index in [4.69, 9.17) is 5.73 Å². The standard InChI is InChI=1S/C13H18N2O/c1-13(2)8-11(13)12(16)15(3)10-6-4-5-9(14)7-10/h4-7,11H,8,14H2,1-3H3. The van der Waals surface area contributed by atoms with Crippen LogP contribution >= 0.6 is 0 Å². The fourth-order valence-corrected chi connectivity index (χ4v) is 1.98. The number of carbonyl (C=O) groups excluding carboxylic acids is 1. The van der Waals surface area contributed by atoms with E-state index in [2.05, 4.69) is 13.8 Å². The van der Waals surface area contributed by atoms with Gasteiger partial charge in [0.15, 0.2) is 0 Å². The van der Waals surface area contributed by atoms with Crippen molar-refractivity contribution in [2.75, 3.05) is 17.7 Å². The molecule has 1 saturated carbocycles. The third-order valence-corrected chi connectivity index (χ3v) is 3.40. The van der Waals surface area contributed by atoms with E-state index in [1.165, 1.54) is 0 Å². The van der Waals surface area contributed by atoms with E-state index in [0.717, 1.165) is 12.1 Å². The van der Waals surface area contributed by atoms with Crippen molar-refractivity contribution in [3.8, 4) is 0 Å². The molecule has 0 saturated heterocycles. The summed E-state index contributed by atoms with van der Waals surface area (Å²) in [5.74, 6) is 0.356. The molecule has 0 spiro atoms. The van der Waals surface area contributed by atoms with Crippen molar-refractivity contribution in [3.63, 3.8) is 0 Å². The van der Waals surface area contributed by atoms with E-state index in [9.17, 15) is 4.79 Å². The molecule has 1 aromatic rings. The summed E-state index contributed by atoms with van der Waals surface area (Å²) >= 11 is 0. The Morgan fingerprint density at radius 1 is 1.50 bits per heavy atom. The molecule has 0 bridgehead atoms. The molecule has 16 heavy (non-hydrogen) atoms. The third kappa shape index (κ3) is 1.90. The van der Waals surface area contributed by atoms with Crippen LogP contribution in [0.2, 0.25) is 0 Å². The molecule has 1 amide bonds. The van der Waals surface area contributed by atoms with E-state index in [0.29, 0.717) is 5.69 Å². The first-order valence-corrected chi connectivity index (χ1v) is 5.55. The van der Waals surface area contributed by atoms with Gasteiger partial charge in [0.25, 0.3) is 0 Å². The fourth-order valence-electron chi connectivity index (χ4n) is 1.98. The maximum absolute atomic E-state index is 12.1. The van der Waals surface area contributed by atoms with Crippen LogP contribution in [0.4, 0.5) is 11.4 Å². The maximum atomic E-state index is 12.1. The fraction of sp³-hybridized carbons (Fsp3) is 0.462. The van der Waals surface area contributed by atoms with Crippen molar-refractivity contribution in [1.29, 1.82) is 0 Å². The van der Waals surface area contributed by atoms with Gasteiger partial charge >= 0.3 is 0 Å². The van der Waals surface area contributed by atoms with Crippen LogP contribution in [0.1, 0.15) is 20.3 Å². The van der Waals surface area contributed by atoms with Gasteiger partial charge in [0.2, 0.25) is 5.91 Å². The zero-order chi connectivity index (χ0) is 11.9. The van der Waals surface area contributed by atoms with Crippen LogP contribution in [0, 0.1) is 11.3 Å². The highest BCUT2D eigenvalue weighted by Gasteiger charge is 2.51. The van der Waals surface area contributed by atoms with E-state index in [1.54, 1.807) is 4.90 Å². The molecule has 0 radical (unpaired) electrons. The van der Waals surface area contributed by atoms with E-state index in [1.807, 2.05) is 31.3 Å². The Labute approximate surface area is 96.2 Å². The lowest BCUT2D eigenvalue weighted by Crippen LogP contribution is -2.29. The number of nitrogens with two attached hydrogens (primary N) is 1. The number of nitrogens with zero attached hydrogens (tertiary/aromatic N) is 1. The topological polar surface area (TPSA) is 46.3 Å². The lowest BCUT2D eigenvalue weighted by Gasteiger charge is -2.18. The van der Waals surface area contributed by atoms with Crippen LogP contribution in [-0.4, -0.2) is 13.0 Å². The molecule has 1 aliphatic rings. The molecular formula is C13H18N2O. The maximum Gasteiger partial charge on any atom is 0.230 e. The van der Waals surface area contributed by atoms with Crippen molar-refractivity contribution < 1.29 is 4.79 Å². The smallest absolute Gasteiger partial charge is 0.230 e. The third-order valence-electron chi connectivity index (χ3n) is 3.40. The van der Waals surface area contributed by atoms with E-state index >= 15 is 0 Å². The predicted molar refractivity (Wildman–Crippen MR) is 66.2 cm³/mol. The molecule has 3 nitrogen and oxygen atoms in total. The Bertz CT molecular complexity index is 426. The van der Waals surface area contributed by atoms with Gasteiger partial charge in [-0.15, -0.1) is 0 Å². The van der Waals surface area contributed by atoms with Crippen molar-refractivity contribution in [2.24, 2.45) is 11.3 Å². The molecule has 1 fully saturated rings. The minimum atomic E-state index is 0.166. The highest BCUT2D eigenvalue weighted by molar-refractivity contribution is 5.97. The number of rotatable bonds is 2. The van der Waals surface area contributed by atoms with Crippen molar-refractivity contribution in [1.82, 2.24) is 0 Å². The van der Waals surface area contributed by atoms with Gasteiger partial charge in [0.05, 0.1) is 0 Å². The van der Waals surface area contributed by atoms with Gasteiger partial charge in [-0.25, -0.2) is 0 Å². The molecule has 0 heterocycles. The quantitative estimate of drug-likeness (QED) is 0.774. The normalized spacial score (nSPS) is 21.6. The van der Waals surface area contributed by atoms with E-state index < -0.39 is 0 Å². The van der Waals surface area contributed by atoms with Crippen LogP contribution in [0.5, 0.6) is 0 Å². The first kappa shape index (κ1) is 11.0. The largest absolute Gasteiger partial charge is 0.399 e. The highest BCUT2D eigenvalue weighted by Crippen LogP contribution is 2.52. The minimum Gasteiger partial charge on any atom is -0.399 e.